The van der Waals surface area contributed by atoms with Crippen LogP contribution in [0.5, 0.6) is 0 Å². The van der Waals surface area contributed by atoms with E-state index in [1.54, 1.807) is 0 Å². The third-order valence-electron chi connectivity index (χ3n) is 7.31. The highest BCUT2D eigenvalue weighted by Crippen LogP contribution is 2.33. The Hall–Kier alpha value is -2.83. The summed E-state index contributed by atoms with van der Waals surface area (Å²) < 4.78 is 25.8. The third-order valence-corrected chi connectivity index (χ3v) is 7.31. The summed E-state index contributed by atoms with van der Waals surface area (Å²) >= 11 is 0. The third kappa shape index (κ3) is 9.11. The standard InChI is InChI=1S/C34H42O5/c1-2-3-4-14-21-31-30(22-35)33(37-24-28-17-10-6-11-18-28)34(38-25-29-19-12-7-13-20-29)32(39-31)26-36-23-27-15-8-5-9-16-27/h5-13,15-20,22,30-34H,2-4,14,21,23-26H2,1H3/t30-,31+,32-,33-,34-/m1/s1. The smallest absolute Gasteiger partial charge is 0.128 e. The van der Waals surface area contributed by atoms with Gasteiger partial charge in [0.1, 0.15) is 18.5 Å². The average molecular weight is 531 g/mol. The zero-order chi connectivity index (χ0) is 27.1. The SMILES string of the molecule is CCCCCC[C@@H]1O[C@H](COCc2ccccc2)[C@@H](OCc2ccccc2)[C@H](OCc2ccccc2)[C@@H]1C=O. The maximum atomic E-state index is 12.6. The van der Waals surface area contributed by atoms with E-state index in [9.17, 15) is 4.79 Å². The van der Waals surface area contributed by atoms with E-state index in [2.05, 4.69) is 19.1 Å². The fourth-order valence-electron chi connectivity index (χ4n) is 5.18. The Morgan fingerprint density at radius 2 is 1.21 bits per heavy atom. The van der Waals surface area contributed by atoms with E-state index in [1.165, 1.54) is 6.42 Å². The van der Waals surface area contributed by atoms with E-state index < -0.39 is 18.1 Å². The molecule has 3 aromatic rings. The lowest BCUT2D eigenvalue weighted by atomic mass is 9.85. The molecule has 3 aromatic carbocycles. The number of rotatable bonds is 16. The van der Waals surface area contributed by atoms with Crippen molar-refractivity contribution in [3.05, 3.63) is 108 Å². The van der Waals surface area contributed by atoms with Crippen LogP contribution in [-0.2, 0) is 43.6 Å². The van der Waals surface area contributed by atoms with Crippen LogP contribution in [0.15, 0.2) is 91.0 Å². The zero-order valence-electron chi connectivity index (χ0n) is 23.0. The van der Waals surface area contributed by atoms with Gasteiger partial charge in [0.15, 0.2) is 0 Å². The molecular weight excluding hydrogens is 488 g/mol. The second-order valence-corrected chi connectivity index (χ2v) is 10.3. The predicted molar refractivity (Wildman–Crippen MR) is 153 cm³/mol. The number of unbranched alkanes of at least 4 members (excludes halogenated alkanes) is 3. The number of hydrogen-bond donors (Lipinski definition) is 0. The van der Waals surface area contributed by atoms with E-state index in [4.69, 9.17) is 18.9 Å². The summed E-state index contributed by atoms with van der Waals surface area (Å²) in [5.74, 6) is -0.415. The quantitative estimate of drug-likeness (QED) is 0.149. The Morgan fingerprint density at radius 3 is 1.74 bits per heavy atom. The molecule has 0 spiro atoms. The van der Waals surface area contributed by atoms with Crippen molar-refractivity contribution in [1.82, 2.24) is 0 Å². The topological polar surface area (TPSA) is 54.0 Å². The van der Waals surface area contributed by atoms with E-state index in [0.717, 1.165) is 48.7 Å². The van der Waals surface area contributed by atoms with Crippen LogP contribution >= 0.6 is 0 Å². The normalized spacial score (nSPS) is 22.9. The highest BCUT2D eigenvalue weighted by Gasteiger charge is 2.47. The van der Waals surface area contributed by atoms with Crippen LogP contribution in [0.4, 0.5) is 0 Å². The van der Waals surface area contributed by atoms with Crippen molar-refractivity contribution in [2.24, 2.45) is 5.92 Å². The largest absolute Gasteiger partial charge is 0.374 e. The van der Waals surface area contributed by atoms with E-state index in [1.807, 2.05) is 78.9 Å². The molecule has 1 saturated heterocycles. The highest BCUT2D eigenvalue weighted by molar-refractivity contribution is 5.56. The molecule has 208 valence electrons. The predicted octanol–water partition coefficient (Wildman–Crippen LogP) is 6.93. The Morgan fingerprint density at radius 1 is 0.667 bits per heavy atom. The molecule has 39 heavy (non-hydrogen) atoms. The van der Waals surface area contributed by atoms with E-state index in [0.29, 0.717) is 26.4 Å². The van der Waals surface area contributed by atoms with E-state index >= 15 is 0 Å². The van der Waals surface area contributed by atoms with Gasteiger partial charge in [-0.25, -0.2) is 0 Å². The molecule has 5 atom stereocenters. The van der Waals surface area contributed by atoms with Crippen molar-refractivity contribution in [3.8, 4) is 0 Å². The summed E-state index contributed by atoms with van der Waals surface area (Å²) in [5.41, 5.74) is 3.23. The molecule has 0 saturated carbocycles. The molecule has 0 bridgehead atoms. The summed E-state index contributed by atoms with van der Waals surface area (Å²) in [7, 11) is 0. The van der Waals surface area contributed by atoms with Crippen LogP contribution in [0.25, 0.3) is 0 Å². The molecule has 0 aliphatic carbocycles. The Kier molecular flexibility index (Phi) is 12.2. The molecule has 0 unspecified atom stereocenters. The maximum absolute atomic E-state index is 12.6. The molecular formula is C34H42O5. The zero-order valence-corrected chi connectivity index (χ0v) is 23.0. The summed E-state index contributed by atoms with van der Waals surface area (Å²) in [4.78, 5) is 12.6. The first-order valence-electron chi connectivity index (χ1n) is 14.3. The van der Waals surface area contributed by atoms with Gasteiger partial charge in [-0.3, -0.25) is 0 Å². The molecule has 0 aromatic heterocycles. The first-order valence-corrected chi connectivity index (χ1v) is 14.3. The lowest BCUT2D eigenvalue weighted by Gasteiger charge is -2.45. The van der Waals surface area contributed by atoms with Crippen molar-refractivity contribution < 1.29 is 23.7 Å². The number of ether oxygens (including phenoxy) is 4. The van der Waals surface area contributed by atoms with Gasteiger partial charge >= 0.3 is 0 Å². The fourth-order valence-corrected chi connectivity index (χ4v) is 5.18. The molecule has 4 rings (SSSR count). The molecule has 5 heteroatoms. The van der Waals surface area contributed by atoms with Gasteiger partial charge in [-0.2, -0.15) is 0 Å². The molecule has 1 aliphatic heterocycles. The van der Waals surface area contributed by atoms with Gasteiger partial charge in [-0.1, -0.05) is 124 Å². The minimum atomic E-state index is -0.452. The van der Waals surface area contributed by atoms with Crippen LogP contribution in [0.1, 0.15) is 55.7 Å². The average Bonchev–Trinajstić information content (AvgIpc) is 2.99. The molecule has 0 radical (unpaired) electrons. The highest BCUT2D eigenvalue weighted by atomic mass is 16.6. The number of carbonyl (C=O) groups is 1. The Bertz CT molecular complexity index is 1060. The van der Waals surface area contributed by atoms with Crippen molar-refractivity contribution in [1.29, 1.82) is 0 Å². The van der Waals surface area contributed by atoms with Crippen LogP contribution < -0.4 is 0 Å². The van der Waals surface area contributed by atoms with Gasteiger partial charge in [0, 0.05) is 0 Å². The maximum Gasteiger partial charge on any atom is 0.128 e. The van der Waals surface area contributed by atoms with E-state index in [-0.39, 0.29) is 12.2 Å². The van der Waals surface area contributed by atoms with Crippen molar-refractivity contribution in [3.63, 3.8) is 0 Å². The van der Waals surface area contributed by atoms with Crippen LogP contribution in [-0.4, -0.2) is 37.3 Å². The first kappa shape index (κ1) is 29.2. The first-order chi connectivity index (χ1) is 19.3. The molecule has 0 N–H and O–H groups in total. The van der Waals surface area contributed by atoms with Crippen LogP contribution in [0, 0.1) is 5.92 Å². The van der Waals surface area contributed by atoms with Crippen molar-refractivity contribution in [2.75, 3.05) is 6.61 Å². The van der Waals surface area contributed by atoms with Gasteiger partial charge < -0.3 is 23.7 Å². The fraction of sp³-hybridized carbons (Fsp3) is 0.441. The minimum Gasteiger partial charge on any atom is -0.374 e. The summed E-state index contributed by atoms with van der Waals surface area (Å²) in [6.45, 7) is 3.85. The lowest BCUT2D eigenvalue weighted by molar-refractivity contribution is -0.240. The Labute approximate surface area is 233 Å². The summed E-state index contributed by atoms with van der Waals surface area (Å²) in [5, 5.41) is 0. The van der Waals surface area contributed by atoms with Gasteiger partial charge in [0.2, 0.25) is 0 Å². The lowest BCUT2D eigenvalue weighted by Crippen LogP contribution is -2.58. The van der Waals surface area contributed by atoms with Gasteiger partial charge in [-0.05, 0) is 23.1 Å². The molecule has 1 heterocycles. The summed E-state index contributed by atoms with van der Waals surface area (Å²) in [6, 6.07) is 30.3. The number of aldehydes is 1. The number of benzene rings is 3. The van der Waals surface area contributed by atoms with Gasteiger partial charge in [0.25, 0.3) is 0 Å². The summed E-state index contributed by atoms with van der Waals surface area (Å²) in [6.07, 6.45) is 4.83. The number of carbonyl (C=O) groups excluding carboxylic acids is 1. The van der Waals surface area contributed by atoms with Crippen LogP contribution in [0.2, 0.25) is 0 Å². The van der Waals surface area contributed by atoms with Crippen molar-refractivity contribution in [2.45, 2.75) is 83.3 Å². The Balaban J connectivity index is 1.54. The second kappa shape index (κ2) is 16.3. The van der Waals surface area contributed by atoms with Gasteiger partial charge in [-0.15, -0.1) is 0 Å². The second-order valence-electron chi connectivity index (χ2n) is 10.3. The monoisotopic (exact) mass is 530 g/mol. The minimum absolute atomic E-state index is 0.234. The van der Waals surface area contributed by atoms with Crippen molar-refractivity contribution >= 4 is 6.29 Å². The van der Waals surface area contributed by atoms with Crippen LogP contribution in [0.3, 0.4) is 0 Å². The molecule has 1 fully saturated rings. The molecule has 1 aliphatic rings. The number of hydrogen-bond acceptors (Lipinski definition) is 5. The molecule has 5 nitrogen and oxygen atoms in total. The van der Waals surface area contributed by atoms with Gasteiger partial charge in [0.05, 0.1) is 44.6 Å². The molecule has 0 amide bonds.